The third-order valence-electron chi connectivity index (χ3n) is 3.90. The smallest absolute Gasteiger partial charge is 0.263 e. The van der Waals surface area contributed by atoms with E-state index in [4.69, 9.17) is 0 Å². The summed E-state index contributed by atoms with van der Waals surface area (Å²) in [5.74, 6) is -0.795. The molecule has 128 valence electrons. The number of hydrogen-bond donors (Lipinski definition) is 0. The Kier molecular flexibility index (Phi) is 5.25. The zero-order valence-corrected chi connectivity index (χ0v) is 14.4. The maximum Gasteiger partial charge on any atom is 0.263 e. The molecule has 2 amide bonds. The first-order valence-corrected chi connectivity index (χ1v) is 7.06. The van der Waals surface area contributed by atoms with Gasteiger partial charge in [0.2, 0.25) is 0 Å². The highest BCUT2D eigenvalue weighted by Crippen LogP contribution is 2.22. The molecule has 0 unspecified atom stereocenters. The Morgan fingerprint density at radius 3 is 2.00 bits per heavy atom. The first-order chi connectivity index (χ1) is 11.2. The minimum atomic E-state index is -0.398. The molecule has 1 aliphatic rings. The predicted octanol–water partition coefficient (Wildman–Crippen LogP) is 2.49. The van der Waals surface area contributed by atoms with Gasteiger partial charge in [0.25, 0.3) is 17.4 Å². The summed E-state index contributed by atoms with van der Waals surface area (Å²) in [5.41, 5.74) is 1.02. The second-order valence-corrected chi connectivity index (χ2v) is 5.26. The van der Waals surface area contributed by atoms with Crippen LogP contribution in [0.3, 0.4) is 0 Å². The van der Waals surface area contributed by atoms with Crippen LogP contribution in [0.5, 0.6) is 0 Å². The van der Waals surface area contributed by atoms with E-state index in [1.807, 2.05) is 0 Å². The molecule has 8 heteroatoms. The van der Waals surface area contributed by atoms with Crippen molar-refractivity contribution in [1.29, 1.82) is 0 Å². The van der Waals surface area contributed by atoms with Crippen molar-refractivity contribution < 1.29 is 9.59 Å². The summed E-state index contributed by atoms with van der Waals surface area (Å²) in [5, 5.41) is 0.451. The van der Waals surface area contributed by atoms with E-state index in [0.29, 0.717) is 22.0 Å². The van der Waals surface area contributed by atoms with Crippen LogP contribution in [0.15, 0.2) is 59.7 Å². The molecule has 4 rings (SSSR count). The van der Waals surface area contributed by atoms with Crippen LogP contribution in [-0.4, -0.2) is 26.3 Å². The van der Waals surface area contributed by atoms with E-state index in [2.05, 4.69) is 4.98 Å². The van der Waals surface area contributed by atoms with Gasteiger partial charge in [-0.05, 0) is 24.3 Å². The lowest BCUT2D eigenvalue weighted by molar-refractivity contribution is 0.0603. The van der Waals surface area contributed by atoms with Crippen LogP contribution in [0.1, 0.15) is 20.7 Å². The van der Waals surface area contributed by atoms with Crippen LogP contribution in [0.4, 0.5) is 0 Å². The van der Waals surface area contributed by atoms with Crippen LogP contribution in [-0.2, 0) is 6.67 Å². The number of fused-ring (bicyclic) bond motifs is 2. The van der Waals surface area contributed by atoms with Gasteiger partial charge in [0.1, 0.15) is 6.67 Å². The summed E-state index contributed by atoms with van der Waals surface area (Å²) in [6.45, 7) is -0.150. The summed E-state index contributed by atoms with van der Waals surface area (Å²) in [6, 6.07) is 13.6. The number of carbonyl (C=O) groups excluding carboxylic acids is 2. The Labute approximate surface area is 154 Å². The van der Waals surface area contributed by atoms with Crippen molar-refractivity contribution in [1.82, 2.24) is 14.5 Å². The van der Waals surface area contributed by atoms with Crippen molar-refractivity contribution in [2.75, 3.05) is 0 Å². The highest BCUT2D eigenvalue weighted by Gasteiger charge is 2.35. The Balaban J connectivity index is 0.00000113. The molecule has 6 nitrogen and oxygen atoms in total. The lowest BCUT2D eigenvalue weighted by Crippen LogP contribution is -2.36. The van der Waals surface area contributed by atoms with Gasteiger partial charge in [-0.3, -0.25) is 23.9 Å². The molecule has 0 fully saturated rings. The molecule has 1 aromatic heterocycles. The van der Waals surface area contributed by atoms with Crippen molar-refractivity contribution in [2.24, 2.45) is 0 Å². The van der Waals surface area contributed by atoms with Crippen molar-refractivity contribution in [3.63, 3.8) is 0 Å². The minimum Gasteiger partial charge on any atom is -0.280 e. The van der Waals surface area contributed by atoms with Crippen LogP contribution in [0.25, 0.3) is 10.9 Å². The highest BCUT2D eigenvalue weighted by atomic mass is 35.5. The first kappa shape index (κ1) is 18.6. The highest BCUT2D eigenvalue weighted by molar-refractivity contribution is 6.21. The normalized spacial score (nSPS) is 12.6. The second kappa shape index (κ2) is 7.04. The molecule has 0 atom stereocenters. The van der Waals surface area contributed by atoms with Gasteiger partial charge in [-0.1, -0.05) is 24.3 Å². The van der Waals surface area contributed by atoms with E-state index >= 15 is 0 Å². The number of benzene rings is 2. The largest absolute Gasteiger partial charge is 0.280 e. The van der Waals surface area contributed by atoms with Gasteiger partial charge in [-0.2, -0.15) is 0 Å². The number of para-hydroxylation sites is 1. The maximum absolute atomic E-state index is 12.5. The number of amides is 2. The van der Waals surface area contributed by atoms with Gasteiger partial charge in [-0.25, -0.2) is 4.98 Å². The molecule has 1 aliphatic heterocycles. The molecule has 0 saturated carbocycles. The van der Waals surface area contributed by atoms with E-state index in [1.54, 1.807) is 48.5 Å². The topological polar surface area (TPSA) is 72.3 Å². The van der Waals surface area contributed by atoms with E-state index < -0.39 is 11.8 Å². The number of halogens is 2. The molecule has 25 heavy (non-hydrogen) atoms. The Morgan fingerprint density at radius 1 is 0.800 bits per heavy atom. The lowest BCUT2D eigenvalue weighted by Gasteiger charge is -2.15. The Bertz CT molecular complexity index is 998. The average Bonchev–Trinajstić information content (AvgIpc) is 2.83. The minimum absolute atomic E-state index is 0. The third-order valence-corrected chi connectivity index (χ3v) is 3.90. The number of imide groups is 1. The second-order valence-electron chi connectivity index (χ2n) is 5.26. The maximum atomic E-state index is 12.5. The van der Waals surface area contributed by atoms with Gasteiger partial charge in [-0.15, -0.1) is 24.8 Å². The zero-order valence-electron chi connectivity index (χ0n) is 12.8. The molecule has 2 heterocycles. The van der Waals surface area contributed by atoms with Crippen LogP contribution < -0.4 is 5.56 Å². The SMILES string of the molecule is Cl.Cl.O=C1c2ccccc2C(=O)N1Cn1cnc2ccccc2c1=O. The summed E-state index contributed by atoms with van der Waals surface area (Å²) < 4.78 is 1.27. The standard InChI is InChI=1S/C17H11N3O3.2ClH/c21-15-13-7-3-4-8-14(13)18-9-19(15)10-20-16(22)11-5-1-2-6-12(11)17(20)23;;/h1-9H,10H2;2*1H. The number of carbonyl (C=O) groups is 2. The molecule has 0 spiro atoms. The van der Waals surface area contributed by atoms with Gasteiger partial charge >= 0.3 is 0 Å². The number of rotatable bonds is 2. The molecule has 0 aliphatic carbocycles. The molecule has 3 aromatic rings. The quantitative estimate of drug-likeness (QED) is 0.643. The monoisotopic (exact) mass is 377 g/mol. The van der Waals surface area contributed by atoms with Crippen molar-refractivity contribution >= 4 is 47.5 Å². The summed E-state index contributed by atoms with van der Waals surface area (Å²) in [7, 11) is 0. The summed E-state index contributed by atoms with van der Waals surface area (Å²) in [6.07, 6.45) is 1.36. The molecule has 0 saturated heterocycles. The third kappa shape index (κ3) is 2.90. The molecular formula is C17H13Cl2N3O3. The molecule has 2 aromatic carbocycles. The molecule has 0 bridgehead atoms. The zero-order chi connectivity index (χ0) is 16.0. The van der Waals surface area contributed by atoms with E-state index in [0.717, 1.165) is 4.90 Å². The van der Waals surface area contributed by atoms with Crippen LogP contribution in [0, 0.1) is 0 Å². The number of nitrogens with zero attached hydrogens (tertiary/aromatic N) is 3. The fourth-order valence-corrected chi connectivity index (χ4v) is 2.73. The number of hydrogen-bond acceptors (Lipinski definition) is 4. The van der Waals surface area contributed by atoms with E-state index in [9.17, 15) is 14.4 Å². The van der Waals surface area contributed by atoms with Crippen molar-refractivity contribution in [3.8, 4) is 0 Å². The lowest BCUT2D eigenvalue weighted by atomic mass is 10.1. The van der Waals surface area contributed by atoms with Crippen molar-refractivity contribution in [3.05, 3.63) is 76.3 Å². The van der Waals surface area contributed by atoms with Gasteiger partial charge in [0.15, 0.2) is 0 Å². The average molecular weight is 378 g/mol. The molecular weight excluding hydrogens is 365 g/mol. The molecule has 0 N–H and O–H groups in total. The van der Waals surface area contributed by atoms with Crippen LogP contribution in [0.2, 0.25) is 0 Å². The van der Waals surface area contributed by atoms with E-state index in [-0.39, 0.29) is 37.0 Å². The van der Waals surface area contributed by atoms with Crippen molar-refractivity contribution in [2.45, 2.75) is 6.67 Å². The van der Waals surface area contributed by atoms with E-state index in [1.165, 1.54) is 10.9 Å². The van der Waals surface area contributed by atoms with Gasteiger partial charge in [0.05, 0.1) is 28.4 Å². The molecule has 0 radical (unpaired) electrons. The predicted molar refractivity (Wildman–Crippen MR) is 97.4 cm³/mol. The van der Waals surface area contributed by atoms with Crippen LogP contribution >= 0.6 is 24.8 Å². The fraction of sp³-hybridized carbons (Fsp3) is 0.0588. The van der Waals surface area contributed by atoms with Gasteiger partial charge in [0, 0.05) is 0 Å². The fourth-order valence-electron chi connectivity index (χ4n) is 2.73. The summed E-state index contributed by atoms with van der Waals surface area (Å²) in [4.78, 5) is 42.4. The first-order valence-electron chi connectivity index (χ1n) is 7.06. The Hall–Kier alpha value is -2.70. The Morgan fingerprint density at radius 2 is 1.36 bits per heavy atom. The summed E-state index contributed by atoms with van der Waals surface area (Å²) >= 11 is 0. The van der Waals surface area contributed by atoms with Gasteiger partial charge < -0.3 is 0 Å². The number of aromatic nitrogens is 2.